The molecule has 0 atom stereocenters. The van der Waals surface area contributed by atoms with Gasteiger partial charge in [-0.25, -0.2) is 0 Å². The van der Waals surface area contributed by atoms with Crippen LogP contribution in [0, 0.1) is 0 Å². The number of carbonyl (C=O) groups excluding carboxylic acids is 2. The number of rotatable bonds is 5. The average molecular weight is 271 g/mol. The van der Waals surface area contributed by atoms with Crippen LogP contribution in [0.15, 0.2) is 48.5 Å². The first kappa shape index (κ1) is 13.6. The van der Waals surface area contributed by atoms with Gasteiger partial charge >= 0.3 is 0 Å². The van der Waals surface area contributed by atoms with E-state index in [1.54, 1.807) is 36.4 Å². The SMILES string of the molecule is O=Cc1ccc(OCC(=O)Nc2ccc(O)cc2)cc1. The lowest BCUT2D eigenvalue weighted by atomic mass is 10.2. The van der Waals surface area contributed by atoms with Crippen LogP contribution in [0.5, 0.6) is 11.5 Å². The third-order valence-corrected chi connectivity index (χ3v) is 2.54. The standard InChI is InChI=1S/C15H13NO4/c17-9-11-1-7-14(8-2-11)20-10-15(19)16-12-3-5-13(18)6-4-12/h1-9,18H,10H2,(H,16,19). The van der Waals surface area contributed by atoms with Gasteiger partial charge in [-0.2, -0.15) is 0 Å². The summed E-state index contributed by atoms with van der Waals surface area (Å²) in [6.07, 6.45) is 0.737. The summed E-state index contributed by atoms with van der Waals surface area (Å²) < 4.78 is 5.29. The zero-order valence-corrected chi connectivity index (χ0v) is 10.6. The second-order valence-corrected chi connectivity index (χ2v) is 4.07. The molecule has 2 rings (SSSR count). The van der Waals surface area contributed by atoms with Gasteiger partial charge in [0.05, 0.1) is 0 Å². The fraction of sp³-hybridized carbons (Fsp3) is 0.0667. The van der Waals surface area contributed by atoms with Crippen LogP contribution in [-0.2, 0) is 4.79 Å². The highest BCUT2D eigenvalue weighted by molar-refractivity contribution is 5.91. The van der Waals surface area contributed by atoms with Crippen LogP contribution < -0.4 is 10.1 Å². The lowest BCUT2D eigenvalue weighted by Gasteiger charge is -2.07. The number of benzene rings is 2. The van der Waals surface area contributed by atoms with Crippen LogP contribution in [0.2, 0.25) is 0 Å². The largest absolute Gasteiger partial charge is 0.508 e. The third kappa shape index (κ3) is 3.84. The van der Waals surface area contributed by atoms with Crippen LogP contribution in [0.1, 0.15) is 10.4 Å². The van der Waals surface area contributed by atoms with Crippen LogP contribution in [0.25, 0.3) is 0 Å². The molecule has 0 fully saturated rings. The molecule has 0 saturated heterocycles. The molecule has 1 amide bonds. The van der Waals surface area contributed by atoms with E-state index >= 15 is 0 Å². The van der Waals surface area contributed by atoms with Crippen molar-refractivity contribution in [3.63, 3.8) is 0 Å². The summed E-state index contributed by atoms with van der Waals surface area (Å²) in [5, 5.41) is 11.8. The van der Waals surface area contributed by atoms with Gasteiger partial charge in [-0.05, 0) is 48.5 Å². The van der Waals surface area contributed by atoms with Gasteiger partial charge in [0, 0.05) is 11.3 Å². The summed E-state index contributed by atoms with van der Waals surface area (Å²) in [5.41, 5.74) is 1.12. The highest BCUT2D eigenvalue weighted by Gasteiger charge is 2.04. The van der Waals surface area contributed by atoms with Crippen LogP contribution in [0.4, 0.5) is 5.69 Å². The number of phenolic OH excluding ortho intramolecular Hbond substituents is 1. The summed E-state index contributed by atoms with van der Waals surface area (Å²) in [5.74, 6) is 0.334. The molecule has 0 aromatic heterocycles. The van der Waals surface area contributed by atoms with Gasteiger partial charge in [-0.3, -0.25) is 9.59 Å². The number of hydrogen-bond donors (Lipinski definition) is 2. The molecule has 0 aliphatic heterocycles. The van der Waals surface area contributed by atoms with E-state index in [-0.39, 0.29) is 18.3 Å². The lowest BCUT2D eigenvalue weighted by molar-refractivity contribution is -0.118. The number of ether oxygens (including phenoxy) is 1. The molecule has 2 aromatic rings. The van der Waals surface area contributed by atoms with E-state index in [9.17, 15) is 9.59 Å². The smallest absolute Gasteiger partial charge is 0.262 e. The van der Waals surface area contributed by atoms with Crippen molar-refractivity contribution in [1.82, 2.24) is 0 Å². The summed E-state index contributed by atoms with van der Waals surface area (Å²) >= 11 is 0. The minimum absolute atomic E-state index is 0.134. The van der Waals surface area contributed by atoms with Gasteiger partial charge in [0.15, 0.2) is 6.61 Å². The predicted molar refractivity (Wildman–Crippen MR) is 74.1 cm³/mol. The fourth-order valence-corrected chi connectivity index (χ4v) is 1.53. The zero-order chi connectivity index (χ0) is 14.4. The van der Waals surface area contributed by atoms with Crippen LogP contribution >= 0.6 is 0 Å². The van der Waals surface area contributed by atoms with Crippen LogP contribution in [-0.4, -0.2) is 23.9 Å². The molecular weight excluding hydrogens is 258 g/mol. The van der Waals surface area contributed by atoms with Crippen molar-refractivity contribution in [2.24, 2.45) is 0 Å². The Bertz CT molecular complexity index is 590. The Hall–Kier alpha value is -2.82. The zero-order valence-electron chi connectivity index (χ0n) is 10.6. The Labute approximate surface area is 115 Å². The first-order valence-electron chi connectivity index (χ1n) is 5.94. The predicted octanol–water partition coefficient (Wildman–Crippen LogP) is 2.22. The van der Waals surface area contributed by atoms with Crippen molar-refractivity contribution in [2.75, 3.05) is 11.9 Å². The molecule has 102 valence electrons. The van der Waals surface area contributed by atoms with E-state index in [0.717, 1.165) is 6.29 Å². The second-order valence-electron chi connectivity index (χ2n) is 4.07. The Kier molecular flexibility index (Phi) is 4.34. The first-order chi connectivity index (χ1) is 9.67. The number of anilines is 1. The highest BCUT2D eigenvalue weighted by Crippen LogP contribution is 2.14. The quantitative estimate of drug-likeness (QED) is 0.646. The maximum atomic E-state index is 11.6. The summed E-state index contributed by atoms with van der Waals surface area (Å²) in [6.45, 7) is -0.138. The highest BCUT2D eigenvalue weighted by atomic mass is 16.5. The lowest BCUT2D eigenvalue weighted by Crippen LogP contribution is -2.20. The molecule has 0 heterocycles. The molecule has 0 radical (unpaired) electrons. The normalized spacial score (nSPS) is 9.80. The van der Waals surface area contributed by atoms with Gasteiger partial charge in [0.25, 0.3) is 5.91 Å². The van der Waals surface area contributed by atoms with Crippen molar-refractivity contribution < 1.29 is 19.4 Å². The van der Waals surface area contributed by atoms with E-state index in [4.69, 9.17) is 9.84 Å². The molecule has 0 bridgehead atoms. The second kappa shape index (κ2) is 6.38. The number of aromatic hydroxyl groups is 1. The first-order valence-corrected chi connectivity index (χ1v) is 5.94. The van der Waals surface area contributed by atoms with Crippen molar-refractivity contribution in [1.29, 1.82) is 0 Å². The van der Waals surface area contributed by atoms with Crippen molar-refractivity contribution in [3.05, 3.63) is 54.1 Å². The number of phenols is 1. The molecule has 0 aliphatic rings. The molecular formula is C15H13NO4. The maximum absolute atomic E-state index is 11.6. The number of amides is 1. The van der Waals surface area contributed by atoms with Crippen LogP contribution in [0.3, 0.4) is 0 Å². The molecule has 2 aromatic carbocycles. The average Bonchev–Trinajstić information content (AvgIpc) is 2.48. The topological polar surface area (TPSA) is 75.6 Å². The van der Waals surface area contributed by atoms with Gasteiger partial charge in [0.2, 0.25) is 0 Å². The van der Waals surface area contributed by atoms with Crippen molar-refractivity contribution >= 4 is 17.9 Å². The molecule has 5 nitrogen and oxygen atoms in total. The molecule has 0 unspecified atom stereocenters. The third-order valence-electron chi connectivity index (χ3n) is 2.54. The molecule has 0 spiro atoms. The molecule has 0 aliphatic carbocycles. The Balaban J connectivity index is 1.85. The molecule has 0 saturated carbocycles. The Morgan fingerprint density at radius 1 is 1.10 bits per heavy atom. The van der Waals surface area contributed by atoms with E-state index in [1.807, 2.05) is 0 Å². The van der Waals surface area contributed by atoms with Gasteiger partial charge in [-0.1, -0.05) is 0 Å². The minimum atomic E-state index is -0.310. The van der Waals surface area contributed by atoms with Gasteiger partial charge in [-0.15, -0.1) is 0 Å². The number of hydrogen-bond acceptors (Lipinski definition) is 4. The number of aldehydes is 1. The Morgan fingerprint density at radius 2 is 1.75 bits per heavy atom. The van der Waals surface area contributed by atoms with E-state index < -0.39 is 0 Å². The van der Waals surface area contributed by atoms with E-state index in [1.165, 1.54) is 12.1 Å². The number of carbonyl (C=O) groups is 2. The van der Waals surface area contributed by atoms with E-state index in [2.05, 4.69) is 5.32 Å². The summed E-state index contributed by atoms with van der Waals surface area (Å²) in [7, 11) is 0. The number of nitrogens with one attached hydrogen (secondary N) is 1. The van der Waals surface area contributed by atoms with E-state index in [0.29, 0.717) is 17.0 Å². The fourth-order valence-electron chi connectivity index (χ4n) is 1.53. The summed E-state index contributed by atoms with van der Waals surface area (Å²) in [4.78, 5) is 22.1. The summed E-state index contributed by atoms with van der Waals surface area (Å²) in [6, 6.07) is 12.6. The Morgan fingerprint density at radius 3 is 2.35 bits per heavy atom. The molecule has 2 N–H and O–H groups in total. The molecule has 5 heteroatoms. The molecule has 20 heavy (non-hydrogen) atoms. The van der Waals surface area contributed by atoms with Crippen molar-refractivity contribution in [3.8, 4) is 11.5 Å². The minimum Gasteiger partial charge on any atom is -0.508 e. The maximum Gasteiger partial charge on any atom is 0.262 e. The van der Waals surface area contributed by atoms with Crippen molar-refractivity contribution in [2.45, 2.75) is 0 Å². The van der Waals surface area contributed by atoms with Gasteiger partial charge < -0.3 is 15.2 Å². The van der Waals surface area contributed by atoms with Gasteiger partial charge in [0.1, 0.15) is 17.8 Å². The monoisotopic (exact) mass is 271 g/mol.